The molecule has 4 heterocycles. The van der Waals surface area contributed by atoms with Crippen LogP contribution < -0.4 is 9.80 Å². The van der Waals surface area contributed by atoms with Crippen LogP contribution in [0.2, 0.25) is 0 Å². The summed E-state index contributed by atoms with van der Waals surface area (Å²) in [5.74, 6) is 1.82. The van der Waals surface area contributed by atoms with Gasteiger partial charge < -0.3 is 0 Å². The van der Waals surface area contributed by atoms with E-state index in [9.17, 15) is 0 Å². The van der Waals surface area contributed by atoms with Crippen LogP contribution in [0, 0.1) is 13.8 Å². The van der Waals surface area contributed by atoms with Gasteiger partial charge in [0.05, 0.1) is 0 Å². The quantitative estimate of drug-likeness (QED) is 0.191. The van der Waals surface area contributed by atoms with Crippen molar-refractivity contribution in [2.24, 2.45) is 0 Å². The highest BCUT2D eigenvalue weighted by Gasteiger charge is 2.19. The van der Waals surface area contributed by atoms with Crippen molar-refractivity contribution < 1.29 is 0 Å². The Bertz CT molecular complexity index is 1770. The third-order valence-electron chi connectivity index (χ3n) is 7.35. The fourth-order valence-corrected chi connectivity index (χ4v) is 6.93. The maximum absolute atomic E-state index is 4.68. The molecule has 4 nitrogen and oxygen atoms in total. The summed E-state index contributed by atoms with van der Waals surface area (Å²) < 4.78 is 0. The topological polar surface area (TPSA) is 32.3 Å². The molecule has 0 N–H and O–H groups in total. The van der Waals surface area contributed by atoms with Crippen LogP contribution in [0.4, 0.5) is 33.0 Å². The standard InChI is InChI=1S/C34H26N4S2/c1-23-27-15-13-26(38(34-12-8-20-40-34)32-10-4-6-18-36-32)22-30(27)24(2)28-16-14-25(21-29(23)28)37(33-11-7-19-39-33)31-9-3-5-17-35-31/h3-22H,1-2H3. The lowest BCUT2D eigenvalue weighted by Crippen LogP contribution is -2.10. The molecule has 6 heteroatoms. The average Bonchev–Trinajstić information content (AvgIpc) is 3.73. The number of aromatic nitrogens is 2. The third-order valence-corrected chi connectivity index (χ3v) is 9.06. The summed E-state index contributed by atoms with van der Waals surface area (Å²) in [5.41, 5.74) is 4.76. The lowest BCUT2D eigenvalue weighted by atomic mass is 9.92. The van der Waals surface area contributed by atoms with Gasteiger partial charge in [0.15, 0.2) is 0 Å². The van der Waals surface area contributed by atoms with Crippen LogP contribution in [0.3, 0.4) is 0 Å². The van der Waals surface area contributed by atoms with E-state index in [2.05, 4.69) is 117 Å². The molecule has 0 spiro atoms. The Hall–Kier alpha value is -4.52. The predicted molar refractivity (Wildman–Crippen MR) is 172 cm³/mol. The van der Waals surface area contributed by atoms with Crippen LogP contribution in [0.5, 0.6) is 0 Å². The highest BCUT2D eigenvalue weighted by molar-refractivity contribution is 7.14. The molecule has 0 saturated heterocycles. The number of rotatable bonds is 6. The van der Waals surface area contributed by atoms with Gasteiger partial charge in [-0.25, -0.2) is 9.97 Å². The molecule has 0 aliphatic heterocycles. The van der Waals surface area contributed by atoms with Crippen molar-refractivity contribution >= 4 is 77.2 Å². The van der Waals surface area contributed by atoms with E-state index in [4.69, 9.17) is 0 Å². The molecule has 0 amide bonds. The van der Waals surface area contributed by atoms with Gasteiger partial charge >= 0.3 is 0 Å². The van der Waals surface area contributed by atoms with Crippen LogP contribution in [0.25, 0.3) is 21.5 Å². The van der Waals surface area contributed by atoms with E-state index >= 15 is 0 Å². The minimum absolute atomic E-state index is 0.910. The molecular formula is C34H26N4S2. The van der Waals surface area contributed by atoms with Crippen molar-refractivity contribution in [1.29, 1.82) is 0 Å². The monoisotopic (exact) mass is 554 g/mol. The maximum atomic E-state index is 4.68. The first kappa shape index (κ1) is 24.5. The molecule has 0 unspecified atom stereocenters. The fourth-order valence-electron chi connectivity index (χ4n) is 5.42. The Morgan fingerprint density at radius 2 is 0.975 bits per heavy atom. The number of hydrogen-bond acceptors (Lipinski definition) is 6. The number of benzene rings is 3. The molecule has 194 valence electrons. The number of pyridine rings is 2. The van der Waals surface area contributed by atoms with E-state index in [0.29, 0.717) is 0 Å². The maximum Gasteiger partial charge on any atom is 0.138 e. The Morgan fingerprint density at radius 1 is 0.500 bits per heavy atom. The van der Waals surface area contributed by atoms with Crippen molar-refractivity contribution in [1.82, 2.24) is 9.97 Å². The second-order valence-electron chi connectivity index (χ2n) is 9.66. The van der Waals surface area contributed by atoms with E-state index in [1.165, 1.54) is 32.7 Å². The van der Waals surface area contributed by atoms with Crippen molar-refractivity contribution in [3.8, 4) is 0 Å². The van der Waals surface area contributed by atoms with Crippen molar-refractivity contribution in [3.05, 3.63) is 131 Å². The summed E-state index contributed by atoms with van der Waals surface area (Å²) in [6.07, 6.45) is 3.70. The zero-order valence-electron chi connectivity index (χ0n) is 22.2. The minimum Gasteiger partial charge on any atom is -0.286 e. The van der Waals surface area contributed by atoms with Crippen LogP contribution in [0.15, 0.2) is 120 Å². The van der Waals surface area contributed by atoms with Gasteiger partial charge in [0.2, 0.25) is 0 Å². The van der Waals surface area contributed by atoms with E-state index in [0.717, 1.165) is 33.0 Å². The number of aryl methyl sites for hydroxylation is 2. The molecule has 0 saturated carbocycles. The Labute approximate surface area is 241 Å². The molecule has 0 atom stereocenters. The molecule has 0 aliphatic carbocycles. The predicted octanol–water partition coefficient (Wildman–Crippen LogP) is 10.5. The van der Waals surface area contributed by atoms with Crippen molar-refractivity contribution in [2.75, 3.05) is 9.80 Å². The lowest BCUT2D eigenvalue weighted by Gasteiger charge is -2.24. The first-order valence-corrected chi connectivity index (χ1v) is 14.9. The molecule has 0 fully saturated rings. The van der Waals surface area contributed by atoms with Crippen molar-refractivity contribution in [2.45, 2.75) is 13.8 Å². The van der Waals surface area contributed by atoms with Gasteiger partial charge in [-0.05, 0) is 130 Å². The molecular weight excluding hydrogens is 529 g/mol. The summed E-state index contributed by atoms with van der Waals surface area (Å²) in [7, 11) is 0. The second-order valence-corrected chi connectivity index (χ2v) is 11.5. The SMILES string of the molecule is Cc1c2ccc(N(c3ccccn3)c3cccs3)cc2c(C)c2ccc(N(c3ccccn3)c3cccs3)cc12. The van der Waals surface area contributed by atoms with Gasteiger partial charge in [-0.3, -0.25) is 9.80 Å². The molecule has 0 aliphatic rings. The first-order chi connectivity index (χ1) is 19.7. The van der Waals surface area contributed by atoms with Crippen LogP contribution in [-0.4, -0.2) is 9.97 Å². The number of nitrogens with zero attached hydrogens (tertiary/aromatic N) is 4. The molecule has 4 aromatic heterocycles. The summed E-state index contributed by atoms with van der Waals surface area (Å²) >= 11 is 3.43. The molecule has 0 bridgehead atoms. The van der Waals surface area contributed by atoms with Crippen LogP contribution >= 0.6 is 22.7 Å². The smallest absolute Gasteiger partial charge is 0.138 e. The third kappa shape index (κ3) is 4.22. The summed E-state index contributed by atoms with van der Waals surface area (Å²) in [6.45, 7) is 4.47. The van der Waals surface area contributed by atoms with Gasteiger partial charge in [0, 0.05) is 23.8 Å². The Kier molecular flexibility index (Phi) is 6.27. The first-order valence-electron chi connectivity index (χ1n) is 13.1. The number of fused-ring (bicyclic) bond motifs is 2. The lowest BCUT2D eigenvalue weighted by molar-refractivity contribution is 1.20. The van der Waals surface area contributed by atoms with Crippen LogP contribution in [-0.2, 0) is 0 Å². The van der Waals surface area contributed by atoms with E-state index in [1.807, 2.05) is 36.7 Å². The zero-order chi connectivity index (χ0) is 27.1. The van der Waals surface area contributed by atoms with Gasteiger partial charge in [-0.1, -0.05) is 24.3 Å². The van der Waals surface area contributed by atoms with Crippen LogP contribution in [0.1, 0.15) is 11.1 Å². The average molecular weight is 555 g/mol. The molecule has 40 heavy (non-hydrogen) atoms. The zero-order valence-corrected chi connectivity index (χ0v) is 23.8. The Morgan fingerprint density at radius 3 is 1.35 bits per heavy atom. The van der Waals surface area contributed by atoms with E-state index in [-0.39, 0.29) is 0 Å². The molecule has 7 rings (SSSR count). The van der Waals surface area contributed by atoms with Gasteiger partial charge in [-0.2, -0.15) is 0 Å². The van der Waals surface area contributed by atoms with E-state index < -0.39 is 0 Å². The normalized spacial score (nSPS) is 11.2. The minimum atomic E-state index is 0.910. The summed E-state index contributed by atoms with van der Waals surface area (Å²) in [5, 5.41) is 11.5. The number of hydrogen-bond donors (Lipinski definition) is 0. The highest BCUT2D eigenvalue weighted by atomic mass is 32.1. The van der Waals surface area contributed by atoms with E-state index in [1.54, 1.807) is 22.7 Å². The fraction of sp³-hybridized carbons (Fsp3) is 0.0588. The van der Waals surface area contributed by atoms with Crippen molar-refractivity contribution in [3.63, 3.8) is 0 Å². The number of thiophene rings is 2. The molecule has 3 aromatic carbocycles. The molecule has 7 aromatic rings. The Balaban J connectivity index is 1.40. The highest BCUT2D eigenvalue weighted by Crippen LogP contribution is 2.42. The number of anilines is 6. The second kappa shape index (κ2) is 10.2. The summed E-state index contributed by atoms with van der Waals surface area (Å²) in [6, 6.07) is 34.1. The van der Waals surface area contributed by atoms with Gasteiger partial charge in [0.1, 0.15) is 21.6 Å². The van der Waals surface area contributed by atoms with Gasteiger partial charge in [-0.15, -0.1) is 22.7 Å². The summed E-state index contributed by atoms with van der Waals surface area (Å²) in [4.78, 5) is 13.8. The van der Waals surface area contributed by atoms with Gasteiger partial charge in [0.25, 0.3) is 0 Å². The largest absolute Gasteiger partial charge is 0.286 e. The molecule has 0 radical (unpaired) electrons.